The Bertz CT molecular complexity index is 115. The summed E-state index contributed by atoms with van der Waals surface area (Å²) in [6, 6.07) is 0. The Morgan fingerprint density at radius 2 is 1.60 bits per heavy atom. The van der Waals surface area contributed by atoms with Crippen molar-refractivity contribution in [2.45, 2.75) is 13.3 Å². The molecule has 0 radical (unpaired) electrons. The molecule has 0 heterocycles. The smallest absolute Gasteiger partial charge is 0.0589 e. The van der Waals surface area contributed by atoms with Crippen LogP contribution in [0.15, 0.2) is 0 Å². The van der Waals surface area contributed by atoms with E-state index in [4.69, 9.17) is 9.47 Å². The molecule has 0 aromatic heterocycles. The van der Waals surface area contributed by atoms with Gasteiger partial charge in [0.1, 0.15) is 0 Å². The maximum atomic E-state index is 5.08. The van der Waals surface area contributed by atoms with E-state index < -0.39 is 0 Å². The first-order chi connectivity index (χ1) is 7.35. The fourth-order valence-electron chi connectivity index (χ4n) is 1.38. The van der Waals surface area contributed by atoms with Crippen LogP contribution in [0.4, 0.5) is 0 Å². The molecule has 0 atom stereocenters. The molecule has 0 spiro atoms. The zero-order valence-corrected chi connectivity index (χ0v) is 10.4. The van der Waals surface area contributed by atoms with E-state index in [1.807, 2.05) is 0 Å². The molecule has 4 nitrogen and oxygen atoms in total. The van der Waals surface area contributed by atoms with E-state index in [9.17, 15) is 0 Å². The predicted octanol–water partition coefficient (Wildman–Crippen LogP) is 0.581. The number of ether oxygens (including phenoxy) is 2. The van der Waals surface area contributed by atoms with Crippen LogP contribution in [0.5, 0.6) is 0 Å². The molecule has 4 heteroatoms. The number of nitrogens with one attached hydrogen (secondary N) is 1. The van der Waals surface area contributed by atoms with Gasteiger partial charge in [0, 0.05) is 27.3 Å². The third-order valence-electron chi connectivity index (χ3n) is 2.30. The molecule has 0 bridgehead atoms. The van der Waals surface area contributed by atoms with Gasteiger partial charge in [0.05, 0.1) is 13.2 Å². The van der Waals surface area contributed by atoms with Gasteiger partial charge in [-0.15, -0.1) is 0 Å². The standard InChI is InChI=1S/C11H26N2O2/c1-4-12-6-5-7-13(8-10-14-2)9-11-15-3/h12H,4-11H2,1-3H3. The first-order valence-electron chi connectivity index (χ1n) is 5.76. The van der Waals surface area contributed by atoms with Crippen LogP contribution < -0.4 is 5.32 Å². The molecule has 15 heavy (non-hydrogen) atoms. The van der Waals surface area contributed by atoms with Crippen molar-refractivity contribution >= 4 is 0 Å². The molecule has 0 saturated heterocycles. The Labute approximate surface area is 93.9 Å². The van der Waals surface area contributed by atoms with Crippen LogP contribution in [-0.4, -0.2) is 65.1 Å². The van der Waals surface area contributed by atoms with E-state index in [2.05, 4.69) is 17.1 Å². The first kappa shape index (κ1) is 14.8. The van der Waals surface area contributed by atoms with Crippen molar-refractivity contribution in [1.82, 2.24) is 10.2 Å². The van der Waals surface area contributed by atoms with Crippen molar-refractivity contribution in [3.63, 3.8) is 0 Å². The second kappa shape index (κ2) is 11.9. The minimum atomic E-state index is 0.797. The Balaban J connectivity index is 3.49. The molecule has 0 amide bonds. The van der Waals surface area contributed by atoms with Gasteiger partial charge in [0.2, 0.25) is 0 Å². The Morgan fingerprint density at radius 3 is 2.07 bits per heavy atom. The minimum Gasteiger partial charge on any atom is -0.383 e. The molecule has 0 unspecified atom stereocenters. The van der Waals surface area contributed by atoms with Gasteiger partial charge >= 0.3 is 0 Å². The average molecular weight is 218 g/mol. The molecule has 0 aromatic rings. The van der Waals surface area contributed by atoms with Crippen LogP contribution in [0.1, 0.15) is 13.3 Å². The highest BCUT2D eigenvalue weighted by Crippen LogP contribution is 1.91. The molecule has 1 N–H and O–H groups in total. The van der Waals surface area contributed by atoms with E-state index in [0.29, 0.717) is 0 Å². The van der Waals surface area contributed by atoms with Gasteiger partial charge in [-0.2, -0.15) is 0 Å². The highest BCUT2D eigenvalue weighted by molar-refractivity contribution is 4.58. The van der Waals surface area contributed by atoms with Crippen molar-refractivity contribution in [2.75, 3.05) is 60.2 Å². The van der Waals surface area contributed by atoms with Gasteiger partial charge in [-0.1, -0.05) is 6.92 Å². The van der Waals surface area contributed by atoms with Crippen LogP contribution in [0.3, 0.4) is 0 Å². The van der Waals surface area contributed by atoms with Crippen LogP contribution >= 0.6 is 0 Å². The lowest BCUT2D eigenvalue weighted by atomic mass is 10.3. The summed E-state index contributed by atoms with van der Waals surface area (Å²) in [6.45, 7) is 8.96. The largest absolute Gasteiger partial charge is 0.383 e. The summed E-state index contributed by atoms with van der Waals surface area (Å²) in [4.78, 5) is 2.38. The number of rotatable bonds is 11. The zero-order valence-electron chi connectivity index (χ0n) is 10.4. The Morgan fingerprint density at radius 1 is 1.00 bits per heavy atom. The second-order valence-corrected chi connectivity index (χ2v) is 3.53. The highest BCUT2D eigenvalue weighted by atomic mass is 16.5. The summed E-state index contributed by atoms with van der Waals surface area (Å²) in [6.07, 6.45) is 1.18. The van der Waals surface area contributed by atoms with Crippen LogP contribution in [0, 0.1) is 0 Å². The summed E-state index contributed by atoms with van der Waals surface area (Å²) < 4.78 is 10.2. The molecular formula is C11H26N2O2. The fraction of sp³-hybridized carbons (Fsp3) is 1.00. The third-order valence-corrected chi connectivity index (χ3v) is 2.30. The normalized spacial score (nSPS) is 11.2. The molecule has 0 aliphatic rings. The summed E-state index contributed by atoms with van der Waals surface area (Å²) in [5.41, 5.74) is 0. The van der Waals surface area contributed by atoms with Gasteiger partial charge in [0.15, 0.2) is 0 Å². The van der Waals surface area contributed by atoms with E-state index in [1.165, 1.54) is 6.42 Å². The van der Waals surface area contributed by atoms with Crippen molar-refractivity contribution in [1.29, 1.82) is 0 Å². The number of hydrogen-bond acceptors (Lipinski definition) is 4. The maximum absolute atomic E-state index is 5.08. The van der Waals surface area contributed by atoms with E-state index in [0.717, 1.165) is 45.9 Å². The third kappa shape index (κ3) is 10.1. The Hall–Kier alpha value is -0.160. The van der Waals surface area contributed by atoms with Crippen molar-refractivity contribution in [3.05, 3.63) is 0 Å². The lowest BCUT2D eigenvalue weighted by molar-refractivity contribution is 0.113. The predicted molar refractivity (Wildman–Crippen MR) is 63.4 cm³/mol. The molecule has 92 valence electrons. The fourth-order valence-corrected chi connectivity index (χ4v) is 1.38. The van der Waals surface area contributed by atoms with Crippen LogP contribution in [0.2, 0.25) is 0 Å². The SMILES string of the molecule is CCNCCCN(CCOC)CCOC. The number of nitrogens with zero attached hydrogens (tertiary/aromatic N) is 1. The maximum Gasteiger partial charge on any atom is 0.0589 e. The quantitative estimate of drug-likeness (QED) is 0.514. The van der Waals surface area contributed by atoms with Gasteiger partial charge in [-0.3, -0.25) is 4.90 Å². The van der Waals surface area contributed by atoms with E-state index >= 15 is 0 Å². The van der Waals surface area contributed by atoms with Crippen LogP contribution in [0.25, 0.3) is 0 Å². The number of hydrogen-bond donors (Lipinski definition) is 1. The van der Waals surface area contributed by atoms with E-state index in [-0.39, 0.29) is 0 Å². The lowest BCUT2D eigenvalue weighted by Crippen LogP contribution is -2.33. The van der Waals surface area contributed by atoms with Gasteiger partial charge < -0.3 is 14.8 Å². The molecule has 0 aromatic carbocycles. The van der Waals surface area contributed by atoms with Gasteiger partial charge in [-0.25, -0.2) is 0 Å². The summed E-state index contributed by atoms with van der Waals surface area (Å²) in [5, 5.41) is 3.33. The van der Waals surface area contributed by atoms with Crippen molar-refractivity contribution in [3.8, 4) is 0 Å². The zero-order chi connectivity index (χ0) is 11.4. The van der Waals surface area contributed by atoms with Gasteiger partial charge in [-0.05, 0) is 26.1 Å². The van der Waals surface area contributed by atoms with Gasteiger partial charge in [0.25, 0.3) is 0 Å². The van der Waals surface area contributed by atoms with Crippen LogP contribution in [-0.2, 0) is 9.47 Å². The van der Waals surface area contributed by atoms with Crippen molar-refractivity contribution < 1.29 is 9.47 Å². The minimum absolute atomic E-state index is 0.797. The summed E-state index contributed by atoms with van der Waals surface area (Å²) in [5.74, 6) is 0. The number of methoxy groups -OCH3 is 2. The average Bonchev–Trinajstić information content (AvgIpc) is 2.27. The molecule has 0 fully saturated rings. The highest BCUT2D eigenvalue weighted by Gasteiger charge is 2.03. The molecule has 0 aliphatic carbocycles. The second-order valence-electron chi connectivity index (χ2n) is 3.53. The first-order valence-corrected chi connectivity index (χ1v) is 5.76. The molecular weight excluding hydrogens is 192 g/mol. The van der Waals surface area contributed by atoms with Crippen molar-refractivity contribution in [2.24, 2.45) is 0 Å². The lowest BCUT2D eigenvalue weighted by Gasteiger charge is -2.21. The topological polar surface area (TPSA) is 33.7 Å². The monoisotopic (exact) mass is 218 g/mol. The summed E-state index contributed by atoms with van der Waals surface area (Å²) in [7, 11) is 3.49. The molecule has 0 aliphatic heterocycles. The summed E-state index contributed by atoms with van der Waals surface area (Å²) >= 11 is 0. The molecule has 0 saturated carbocycles. The Kier molecular flexibility index (Phi) is 11.8. The van der Waals surface area contributed by atoms with E-state index in [1.54, 1.807) is 14.2 Å². The molecule has 0 rings (SSSR count).